The van der Waals surface area contributed by atoms with Crippen LogP contribution in [0.4, 0.5) is 13.2 Å². The predicted molar refractivity (Wildman–Crippen MR) is 57.0 cm³/mol. The summed E-state index contributed by atoms with van der Waals surface area (Å²) >= 11 is -0.111. The molecule has 0 aliphatic carbocycles. The molecule has 1 amide bonds. The van der Waals surface area contributed by atoms with Crippen molar-refractivity contribution in [3.8, 4) is 0 Å². The average Bonchev–Trinajstić information content (AvgIpc) is 2.57. The van der Waals surface area contributed by atoms with Crippen LogP contribution in [0.1, 0.15) is 6.92 Å². The number of hydrogen-bond acceptors (Lipinski definition) is 3. The fourth-order valence-electron chi connectivity index (χ4n) is 1.63. The number of carbonyl (C=O) groups is 1. The van der Waals surface area contributed by atoms with E-state index in [1.807, 2.05) is 6.92 Å². The van der Waals surface area contributed by atoms with Gasteiger partial charge in [-0.1, -0.05) is 6.92 Å². The van der Waals surface area contributed by atoms with E-state index >= 15 is 0 Å². The second kappa shape index (κ2) is 5.77. The van der Waals surface area contributed by atoms with Crippen molar-refractivity contribution in [3.05, 3.63) is 0 Å². The molecule has 1 heterocycles. The van der Waals surface area contributed by atoms with Crippen LogP contribution < -0.4 is 10.6 Å². The van der Waals surface area contributed by atoms with Crippen molar-refractivity contribution in [1.29, 1.82) is 0 Å². The molecule has 0 saturated carbocycles. The smallest absolute Gasteiger partial charge is 0.355 e. The van der Waals surface area contributed by atoms with Crippen LogP contribution in [-0.4, -0.2) is 36.8 Å². The van der Waals surface area contributed by atoms with Crippen LogP contribution in [-0.2, 0) is 4.79 Å². The van der Waals surface area contributed by atoms with Gasteiger partial charge in [0.05, 0.1) is 5.92 Å². The number of rotatable bonds is 4. The number of thioether (sulfide) groups is 1. The minimum Gasteiger partial charge on any atom is -0.355 e. The summed E-state index contributed by atoms with van der Waals surface area (Å²) in [6, 6.07) is 0. The topological polar surface area (TPSA) is 41.1 Å². The largest absolute Gasteiger partial charge is 0.441 e. The maximum Gasteiger partial charge on any atom is 0.441 e. The first-order valence-electron chi connectivity index (χ1n) is 5.09. The van der Waals surface area contributed by atoms with E-state index in [-0.39, 0.29) is 41.8 Å². The van der Waals surface area contributed by atoms with Crippen molar-refractivity contribution in [3.63, 3.8) is 0 Å². The summed E-state index contributed by atoms with van der Waals surface area (Å²) in [7, 11) is 0. The summed E-state index contributed by atoms with van der Waals surface area (Å²) in [6.07, 6.45) is 0. The predicted octanol–water partition coefficient (Wildman–Crippen LogP) is 1.21. The first kappa shape index (κ1) is 13.6. The van der Waals surface area contributed by atoms with Crippen LogP contribution in [0.3, 0.4) is 0 Å². The third-order valence-electron chi connectivity index (χ3n) is 2.52. The van der Waals surface area contributed by atoms with Gasteiger partial charge >= 0.3 is 5.51 Å². The molecule has 1 aliphatic rings. The van der Waals surface area contributed by atoms with Gasteiger partial charge in [-0.3, -0.25) is 4.79 Å². The molecule has 2 atom stereocenters. The van der Waals surface area contributed by atoms with Crippen LogP contribution in [0, 0.1) is 11.8 Å². The van der Waals surface area contributed by atoms with Gasteiger partial charge in [-0.05, 0) is 24.2 Å². The van der Waals surface area contributed by atoms with E-state index in [2.05, 4.69) is 10.6 Å². The van der Waals surface area contributed by atoms with Crippen molar-refractivity contribution in [2.75, 3.05) is 25.4 Å². The van der Waals surface area contributed by atoms with Crippen molar-refractivity contribution < 1.29 is 18.0 Å². The van der Waals surface area contributed by atoms with Gasteiger partial charge in [-0.15, -0.1) is 0 Å². The zero-order valence-electron chi connectivity index (χ0n) is 8.93. The Hall–Kier alpha value is -0.430. The molecule has 0 spiro atoms. The van der Waals surface area contributed by atoms with Crippen LogP contribution in [0.2, 0.25) is 0 Å². The lowest BCUT2D eigenvalue weighted by molar-refractivity contribution is -0.125. The Morgan fingerprint density at radius 2 is 2.19 bits per heavy atom. The molecule has 94 valence electrons. The highest BCUT2D eigenvalue weighted by molar-refractivity contribution is 8.00. The number of hydrogen-bond donors (Lipinski definition) is 2. The van der Waals surface area contributed by atoms with Gasteiger partial charge in [0, 0.05) is 18.8 Å². The van der Waals surface area contributed by atoms with Crippen molar-refractivity contribution in [2.45, 2.75) is 12.4 Å². The van der Waals surface area contributed by atoms with E-state index in [9.17, 15) is 18.0 Å². The standard InChI is InChI=1S/C9H15F3N2OS/c1-6-4-13-5-7(6)8(15)14-2-3-16-9(10,11)12/h6-7,13H,2-5H2,1H3,(H,14,15)/t6-,7-/m1/s1. The van der Waals surface area contributed by atoms with E-state index in [1.54, 1.807) is 0 Å². The highest BCUT2D eigenvalue weighted by Crippen LogP contribution is 2.29. The fraction of sp³-hybridized carbons (Fsp3) is 0.889. The quantitative estimate of drug-likeness (QED) is 0.743. The maximum absolute atomic E-state index is 11.8. The van der Waals surface area contributed by atoms with Crippen molar-refractivity contribution in [2.24, 2.45) is 11.8 Å². The lowest BCUT2D eigenvalue weighted by Gasteiger charge is -2.14. The van der Waals surface area contributed by atoms with Gasteiger partial charge < -0.3 is 10.6 Å². The van der Waals surface area contributed by atoms with Gasteiger partial charge in [0.25, 0.3) is 0 Å². The molecule has 1 aliphatic heterocycles. The number of alkyl halides is 3. The third-order valence-corrected chi connectivity index (χ3v) is 3.26. The number of carbonyl (C=O) groups excluding carboxylic acids is 1. The third kappa shape index (κ3) is 4.61. The zero-order valence-corrected chi connectivity index (χ0v) is 9.75. The summed E-state index contributed by atoms with van der Waals surface area (Å²) in [4.78, 5) is 11.5. The second-order valence-electron chi connectivity index (χ2n) is 3.83. The SMILES string of the molecule is C[C@@H]1CNC[C@H]1C(=O)NCCSC(F)(F)F. The Kier molecular flexibility index (Phi) is 4.91. The molecule has 2 N–H and O–H groups in total. The molecular formula is C9H15F3N2OS. The molecular weight excluding hydrogens is 241 g/mol. The molecule has 1 rings (SSSR count). The normalized spacial score (nSPS) is 25.8. The van der Waals surface area contributed by atoms with E-state index < -0.39 is 5.51 Å². The summed E-state index contributed by atoms with van der Waals surface area (Å²) in [5.41, 5.74) is -4.22. The summed E-state index contributed by atoms with van der Waals surface area (Å²) < 4.78 is 35.3. The Morgan fingerprint density at radius 3 is 2.69 bits per heavy atom. The van der Waals surface area contributed by atoms with E-state index in [0.29, 0.717) is 6.54 Å². The summed E-state index contributed by atoms with van der Waals surface area (Å²) in [5.74, 6) is -0.157. The van der Waals surface area contributed by atoms with Crippen LogP contribution in [0.5, 0.6) is 0 Å². The molecule has 0 aromatic heterocycles. The summed E-state index contributed by atoms with van der Waals surface area (Å²) in [6.45, 7) is 3.41. The maximum atomic E-state index is 11.8. The number of nitrogens with one attached hydrogen (secondary N) is 2. The number of amides is 1. The minimum absolute atomic E-state index is 0.0617. The lowest BCUT2D eigenvalue weighted by atomic mass is 9.97. The van der Waals surface area contributed by atoms with E-state index in [1.165, 1.54) is 0 Å². The van der Waals surface area contributed by atoms with Crippen LogP contribution in [0.25, 0.3) is 0 Å². The Bertz CT molecular complexity index is 247. The molecule has 1 saturated heterocycles. The molecule has 0 radical (unpaired) electrons. The molecule has 16 heavy (non-hydrogen) atoms. The van der Waals surface area contributed by atoms with Crippen molar-refractivity contribution in [1.82, 2.24) is 10.6 Å². The van der Waals surface area contributed by atoms with Gasteiger partial charge in [-0.2, -0.15) is 13.2 Å². The average molecular weight is 256 g/mol. The first-order valence-corrected chi connectivity index (χ1v) is 6.08. The van der Waals surface area contributed by atoms with Crippen LogP contribution in [0.15, 0.2) is 0 Å². The van der Waals surface area contributed by atoms with Gasteiger partial charge in [0.15, 0.2) is 0 Å². The Balaban J connectivity index is 2.15. The monoisotopic (exact) mass is 256 g/mol. The molecule has 0 unspecified atom stereocenters. The van der Waals surface area contributed by atoms with E-state index in [0.717, 1.165) is 6.54 Å². The summed E-state index contributed by atoms with van der Waals surface area (Å²) in [5, 5.41) is 5.60. The molecule has 1 fully saturated rings. The minimum atomic E-state index is -4.22. The Labute approximate surface area is 96.5 Å². The van der Waals surface area contributed by atoms with E-state index in [4.69, 9.17) is 0 Å². The highest BCUT2D eigenvalue weighted by Gasteiger charge is 2.30. The molecule has 7 heteroatoms. The molecule has 0 aromatic carbocycles. The molecule has 0 aromatic rings. The van der Waals surface area contributed by atoms with Gasteiger partial charge in [0.2, 0.25) is 5.91 Å². The first-order chi connectivity index (χ1) is 7.40. The lowest BCUT2D eigenvalue weighted by Crippen LogP contribution is -2.35. The van der Waals surface area contributed by atoms with Gasteiger partial charge in [-0.25, -0.2) is 0 Å². The highest BCUT2D eigenvalue weighted by atomic mass is 32.2. The zero-order chi connectivity index (χ0) is 12.2. The Morgan fingerprint density at radius 1 is 1.50 bits per heavy atom. The van der Waals surface area contributed by atoms with Crippen molar-refractivity contribution >= 4 is 17.7 Å². The molecule has 0 bridgehead atoms. The van der Waals surface area contributed by atoms with Crippen LogP contribution >= 0.6 is 11.8 Å². The fourth-order valence-corrected chi connectivity index (χ4v) is 2.07. The molecule has 3 nitrogen and oxygen atoms in total. The second-order valence-corrected chi connectivity index (χ2v) is 4.99. The number of halogens is 3. The van der Waals surface area contributed by atoms with Gasteiger partial charge in [0.1, 0.15) is 0 Å².